The van der Waals surface area contributed by atoms with Gasteiger partial charge in [-0.2, -0.15) is 0 Å². The Hall–Kier alpha value is -1.66. The molecule has 1 aromatic rings. The maximum absolute atomic E-state index is 12.1. The lowest BCUT2D eigenvalue weighted by Crippen LogP contribution is -2.20. The van der Waals surface area contributed by atoms with Gasteiger partial charge in [0, 0.05) is 0 Å². The third-order valence-electron chi connectivity index (χ3n) is 1.73. The Morgan fingerprint density at radius 2 is 2.11 bits per heavy atom. The molecule has 1 heterocycles. The van der Waals surface area contributed by atoms with Gasteiger partial charge in [-0.15, -0.1) is 13.2 Å². The van der Waals surface area contributed by atoms with Crippen molar-refractivity contribution in [3.8, 4) is 5.88 Å². The van der Waals surface area contributed by atoms with Gasteiger partial charge < -0.3 is 9.47 Å². The quantitative estimate of drug-likeness (QED) is 0.258. The Kier molecular flexibility index (Phi) is 4.49. The number of hydrogen-bond donors (Lipinski definition) is 0. The fourth-order valence-electron chi connectivity index (χ4n) is 1.11. The number of ether oxygens (including phenoxy) is 2. The highest BCUT2D eigenvalue weighted by Crippen LogP contribution is 2.34. The highest BCUT2D eigenvalue weighted by molar-refractivity contribution is 14.1. The van der Waals surface area contributed by atoms with Crippen LogP contribution in [0.1, 0.15) is 10.4 Å². The molecule has 0 bridgehead atoms. The number of nitrogens with zero attached hydrogens (tertiary/aromatic N) is 2. The lowest BCUT2D eigenvalue weighted by Gasteiger charge is -2.10. The van der Waals surface area contributed by atoms with Crippen LogP contribution in [0.15, 0.2) is 6.07 Å². The fraction of sp³-hybridized carbons (Fsp3) is 0.250. The molecule has 11 heteroatoms. The summed E-state index contributed by atoms with van der Waals surface area (Å²) in [7, 11) is 0.934. The summed E-state index contributed by atoms with van der Waals surface area (Å²) in [6.07, 6.45) is -5.17. The normalized spacial score (nSPS) is 11.0. The highest BCUT2D eigenvalue weighted by atomic mass is 127. The van der Waals surface area contributed by atoms with E-state index in [1.807, 2.05) is 0 Å². The summed E-state index contributed by atoms with van der Waals surface area (Å²) in [5.41, 5.74) is -1.88. The zero-order valence-corrected chi connectivity index (χ0v) is 11.2. The van der Waals surface area contributed by atoms with Crippen molar-refractivity contribution < 1.29 is 32.4 Å². The molecule has 0 spiro atoms. The second-order valence-corrected chi connectivity index (χ2v) is 4.05. The largest absolute Gasteiger partial charge is 0.574 e. The van der Waals surface area contributed by atoms with Crippen molar-refractivity contribution in [2.24, 2.45) is 0 Å². The van der Waals surface area contributed by atoms with Crippen molar-refractivity contribution in [2.45, 2.75) is 6.36 Å². The zero-order valence-electron chi connectivity index (χ0n) is 9.02. The topological polar surface area (TPSA) is 91.6 Å². The minimum Gasteiger partial charge on any atom is -0.465 e. The van der Waals surface area contributed by atoms with Gasteiger partial charge in [-0.1, -0.05) is 0 Å². The fourth-order valence-corrected chi connectivity index (χ4v) is 1.64. The van der Waals surface area contributed by atoms with Crippen LogP contribution in [0.5, 0.6) is 5.88 Å². The number of pyridine rings is 1. The van der Waals surface area contributed by atoms with Crippen LogP contribution in [-0.4, -0.2) is 29.3 Å². The van der Waals surface area contributed by atoms with Crippen molar-refractivity contribution in [3.05, 3.63) is 25.4 Å². The molecule has 0 aliphatic heterocycles. The van der Waals surface area contributed by atoms with Crippen LogP contribution < -0.4 is 4.74 Å². The number of rotatable bonds is 3. The summed E-state index contributed by atoms with van der Waals surface area (Å²) in [5, 5.41) is 10.8. The lowest BCUT2D eigenvalue weighted by molar-refractivity contribution is -0.389. The van der Waals surface area contributed by atoms with Crippen LogP contribution in [0, 0.1) is 13.8 Å². The summed E-state index contributed by atoms with van der Waals surface area (Å²) in [4.78, 5) is 24.1. The molecule has 0 aliphatic rings. The van der Waals surface area contributed by atoms with Gasteiger partial charge in [-0.25, -0.2) is 9.78 Å². The van der Waals surface area contributed by atoms with E-state index in [2.05, 4.69) is 14.5 Å². The van der Waals surface area contributed by atoms with E-state index in [0.717, 1.165) is 13.2 Å². The van der Waals surface area contributed by atoms with Gasteiger partial charge in [-0.3, -0.25) is 10.1 Å². The molecule has 0 saturated heterocycles. The van der Waals surface area contributed by atoms with Crippen LogP contribution in [0.2, 0.25) is 0 Å². The zero-order chi connectivity index (χ0) is 14.8. The highest BCUT2D eigenvalue weighted by Gasteiger charge is 2.38. The van der Waals surface area contributed by atoms with Gasteiger partial charge in [0.2, 0.25) is 0 Å². The number of alkyl halides is 3. The number of hydrogen-bond acceptors (Lipinski definition) is 6. The standard InChI is InChI=1S/C8H4F3IN2O5/c1-18-7(15)3-2-4(12)13-6(5(3)14(16)17)19-8(9,10)11/h2H,1H3. The first-order chi connectivity index (χ1) is 8.65. The first-order valence-electron chi connectivity index (χ1n) is 4.34. The Balaban J connectivity index is 3.49. The van der Waals surface area contributed by atoms with E-state index >= 15 is 0 Å². The minimum atomic E-state index is -5.17. The molecule has 0 unspecified atom stereocenters. The molecule has 19 heavy (non-hydrogen) atoms. The van der Waals surface area contributed by atoms with E-state index in [-0.39, 0.29) is 3.70 Å². The van der Waals surface area contributed by atoms with E-state index in [1.54, 1.807) is 0 Å². The molecule has 0 aromatic carbocycles. The molecule has 0 radical (unpaired) electrons. The molecule has 0 saturated carbocycles. The Morgan fingerprint density at radius 3 is 2.53 bits per heavy atom. The van der Waals surface area contributed by atoms with Crippen LogP contribution in [0.3, 0.4) is 0 Å². The number of halogens is 4. The van der Waals surface area contributed by atoms with Crippen molar-refractivity contribution in [1.29, 1.82) is 0 Å². The van der Waals surface area contributed by atoms with E-state index in [4.69, 9.17) is 0 Å². The summed E-state index contributed by atoms with van der Waals surface area (Å²) < 4.78 is 44.0. The third kappa shape index (κ3) is 3.90. The Labute approximate surface area is 117 Å². The SMILES string of the molecule is COC(=O)c1cc(I)nc(OC(F)(F)F)c1[N+](=O)[O-]. The minimum absolute atomic E-state index is 0.0946. The molecule has 104 valence electrons. The molecule has 7 nitrogen and oxygen atoms in total. The van der Waals surface area contributed by atoms with Crippen molar-refractivity contribution in [2.75, 3.05) is 7.11 Å². The van der Waals surface area contributed by atoms with Crippen molar-refractivity contribution in [1.82, 2.24) is 4.98 Å². The Bertz CT molecular complexity index is 534. The summed E-state index contributed by atoms with van der Waals surface area (Å²) in [5.74, 6) is -2.48. The van der Waals surface area contributed by atoms with E-state index in [1.165, 1.54) is 22.6 Å². The molecule has 0 fully saturated rings. The second-order valence-electron chi connectivity index (χ2n) is 2.94. The first-order valence-corrected chi connectivity index (χ1v) is 5.42. The predicted molar refractivity (Wildman–Crippen MR) is 61.6 cm³/mol. The lowest BCUT2D eigenvalue weighted by atomic mass is 10.2. The third-order valence-corrected chi connectivity index (χ3v) is 2.28. The smallest absolute Gasteiger partial charge is 0.465 e. The van der Waals surface area contributed by atoms with Gasteiger partial charge in [0.05, 0.1) is 12.0 Å². The van der Waals surface area contributed by atoms with Gasteiger partial charge in [0.15, 0.2) is 0 Å². The summed E-state index contributed by atoms with van der Waals surface area (Å²) >= 11 is 1.48. The van der Waals surface area contributed by atoms with Crippen LogP contribution in [0.25, 0.3) is 0 Å². The van der Waals surface area contributed by atoms with Crippen LogP contribution in [0.4, 0.5) is 18.9 Å². The van der Waals surface area contributed by atoms with E-state index in [9.17, 15) is 28.1 Å². The van der Waals surface area contributed by atoms with E-state index in [0.29, 0.717) is 0 Å². The molecule has 0 aliphatic carbocycles. The molecule has 1 rings (SSSR count). The number of nitro groups is 1. The molecule has 0 atom stereocenters. The summed E-state index contributed by atoms with van der Waals surface area (Å²) in [6, 6.07) is 0.924. The van der Waals surface area contributed by atoms with Gasteiger partial charge in [0.1, 0.15) is 9.26 Å². The average molecular weight is 392 g/mol. The van der Waals surface area contributed by atoms with Gasteiger partial charge in [0.25, 0.3) is 0 Å². The average Bonchev–Trinajstić information content (AvgIpc) is 2.24. The molecule has 0 N–H and O–H groups in total. The molecular weight excluding hydrogens is 388 g/mol. The van der Waals surface area contributed by atoms with Crippen LogP contribution >= 0.6 is 22.6 Å². The summed E-state index contributed by atoms with van der Waals surface area (Å²) in [6.45, 7) is 0. The number of carbonyl (C=O) groups excluding carboxylic acids is 1. The molecule has 1 aromatic heterocycles. The van der Waals surface area contributed by atoms with Crippen LogP contribution in [-0.2, 0) is 4.74 Å². The van der Waals surface area contributed by atoms with Gasteiger partial charge in [-0.05, 0) is 28.7 Å². The van der Waals surface area contributed by atoms with Gasteiger partial charge >= 0.3 is 23.9 Å². The maximum atomic E-state index is 12.1. The number of esters is 1. The Morgan fingerprint density at radius 1 is 1.53 bits per heavy atom. The second kappa shape index (κ2) is 5.54. The monoisotopic (exact) mass is 392 g/mol. The van der Waals surface area contributed by atoms with Crippen molar-refractivity contribution in [3.63, 3.8) is 0 Å². The molecule has 0 amide bonds. The number of carbonyl (C=O) groups is 1. The van der Waals surface area contributed by atoms with Crippen molar-refractivity contribution >= 4 is 34.2 Å². The first kappa shape index (κ1) is 15.4. The number of aromatic nitrogens is 1. The van der Waals surface area contributed by atoms with E-state index < -0.39 is 34.4 Å². The molecular formula is C8H4F3IN2O5. The number of methoxy groups -OCH3 is 1. The maximum Gasteiger partial charge on any atom is 0.574 e. The predicted octanol–water partition coefficient (Wildman–Crippen LogP) is 2.28.